The first-order valence-corrected chi connectivity index (χ1v) is 4.90. The lowest BCUT2D eigenvalue weighted by atomic mass is 10.1. The summed E-state index contributed by atoms with van der Waals surface area (Å²) in [5.74, 6) is -0.355. The van der Waals surface area contributed by atoms with Crippen molar-refractivity contribution >= 4 is 5.91 Å². The number of hydrogen-bond acceptors (Lipinski definition) is 3. The fraction of sp³-hybridized carbons (Fsp3) is 0.455. The molecule has 0 spiro atoms. The van der Waals surface area contributed by atoms with Crippen LogP contribution in [0.3, 0.4) is 0 Å². The number of hydrogen-bond donors (Lipinski definition) is 2. The summed E-state index contributed by atoms with van der Waals surface area (Å²) in [5, 5.41) is 12.0. The summed E-state index contributed by atoms with van der Waals surface area (Å²) >= 11 is 0. The molecule has 0 aliphatic rings. The molecule has 82 valence electrons. The zero-order valence-electron chi connectivity index (χ0n) is 9.03. The van der Waals surface area contributed by atoms with Crippen LogP contribution in [0.5, 0.6) is 0 Å². The summed E-state index contributed by atoms with van der Waals surface area (Å²) < 4.78 is 0. The monoisotopic (exact) mass is 208 g/mol. The van der Waals surface area contributed by atoms with E-state index in [4.69, 9.17) is 0 Å². The summed E-state index contributed by atoms with van der Waals surface area (Å²) in [4.78, 5) is 15.2. The van der Waals surface area contributed by atoms with Crippen molar-refractivity contribution in [3.63, 3.8) is 0 Å². The number of nitrogens with one attached hydrogen (secondary N) is 1. The molecule has 0 radical (unpaired) electrons. The van der Waals surface area contributed by atoms with Crippen LogP contribution in [0.4, 0.5) is 0 Å². The highest BCUT2D eigenvalue weighted by Gasteiger charge is 2.22. The third kappa shape index (κ3) is 4.08. The smallest absolute Gasteiger partial charge is 0.251 e. The highest BCUT2D eigenvalue weighted by Crippen LogP contribution is 2.00. The quantitative estimate of drug-likeness (QED) is 0.758. The average Bonchev–Trinajstić information content (AvgIpc) is 2.18. The minimum absolute atomic E-state index is 0.355. The molecule has 0 bridgehead atoms. The third-order valence-corrected chi connectivity index (χ3v) is 1.98. The van der Waals surface area contributed by atoms with Crippen LogP contribution in [0.2, 0.25) is 0 Å². The second-order valence-corrected chi connectivity index (χ2v) is 3.93. The van der Waals surface area contributed by atoms with Crippen LogP contribution in [0, 0.1) is 0 Å². The summed E-state index contributed by atoms with van der Waals surface area (Å²) in [6.45, 7) is 3.44. The van der Waals surface area contributed by atoms with E-state index in [1.54, 1.807) is 12.4 Å². The second kappa shape index (κ2) is 4.89. The van der Waals surface area contributed by atoms with E-state index in [-0.39, 0.29) is 5.91 Å². The van der Waals surface area contributed by atoms with Gasteiger partial charge in [-0.05, 0) is 31.9 Å². The molecule has 0 aliphatic carbocycles. The SMILES string of the molecule is CC(C)(O)C(=O)NCCc1cccnc1. The number of pyridine rings is 1. The van der Waals surface area contributed by atoms with Gasteiger partial charge in [0, 0.05) is 18.9 Å². The Balaban J connectivity index is 2.32. The van der Waals surface area contributed by atoms with Gasteiger partial charge in [0.25, 0.3) is 5.91 Å². The van der Waals surface area contributed by atoms with Crippen LogP contribution < -0.4 is 5.32 Å². The van der Waals surface area contributed by atoms with Gasteiger partial charge in [-0.1, -0.05) is 6.07 Å². The number of carbonyl (C=O) groups is 1. The summed E-state index contributed by atoms with van der Waals surface area (Å²) in [7, 11) is 0. The number of carbonyl (C=O) groups excluding carboxylic acids is 1. The van der Waals surface area contributed by atoms with Crippen molar-refractivity contribution in [1.29, 1.82) is 0 Å². The minimum atomic E-state index is -1.31. The van der Waals surface area contributed by atoms with E-state index < -0.39 is 5.60 Å². The molecule has 4 heteroatoms. The Kier molecular flexibility index (Phi) is 3.80. The molecule has 1 rings (SSSR count). The summed E-state index contributed by atoms with van der Waals surface area (Å²) in [6.07, 6.45) is 4.19. The zero-order valence-corrected chi connectivity index (χ0v) is 9.03. The van der Waals surface area contributed by atoms with Crippen molar-refractivity contribution in [3.8, 4) is 0 Å². The molecular weight excluding hydrogens is 192 g/mol. The molecule has 0 unspecified atom stereocenters. The maximum absolute atomic E-state index is 11.3. The normalized spacial score (nSPS) is 11.1. The van der Waals surface area contributed by atoms with Gasteiger partial charge >= 0.3 is 0 Å². The van der Waals surface area contributed by atoms with Crippen LogP contribution in [-0.4, -0.2) is 28.1 Å². The number of amides is 1. The minimum Gasteiger partial charge on any atom is -0.381 e. The molecule has 1 aromatic heterocycles. The Labute approximate surface area is 89.3 Å². The van der Waals surface area contributed by atoms with Gasteiger partial charge < -0.3 is 10.4 Å². The highest BCUT2D eigenvalue weighted by molar-refractivity contribution is 5.83. The van der Waals surface area contributed by atoms with E-state index in [0.717, 1.165) is 12.0 Å². The van der Waals surface area contributed by atoms with Crippen LogP contribution in [0.1, 0.15) is 19.4 Å². The molecule has 0 saturated carbocycles. The van der Waals surface area contributed by atoms with E-state index in [9.17, 15) is 9.90 Å². The van der Waals surface area contributed by atoms with Crippen LogP contribution >= 0.6 is 0 Å². The van der Waals surface area contributed by atoms with Crippen molar-refractivity contribution in [3.05, 3.63) is 30.1 Å². The maximum atomic E-state index is 11.3. The topological polar surface area (TPSA) is 62.2 Å². The number of rotatable bonds is 4. The third-order valence-electron chi connectivity index (χ3n) is 1.98. The van der Waals surface area contributed by atoms with Crippen LogP contribution in [-0.2, 0) is 11.2 Å². The van der Waals surface area contributed by atoms with E-state index in [0.29, 0.717) is 6.54 Å². The first-order valence-electron chi connectivity index (χ1n) is 4.90. The molecule has 1 amide bonds. The zero-order chi connectivity index (χ0) is 11.3. The van der Waals surface area contributed by atoms with E-state index in [1.807, 2.05) is 12.1 Å². The Morgan fingerprint density at radius 3 is 2.87 bits per heavy atom. The highest BCUT2D eigenvalue weighted by atomic mass is 16.3. The van der Waals surface area contributed by atoms with Gasteiger partial charge in [0.05, 0.1) is 0 Å². The Morgan fingerprint density at radius 2 is 2.33 bits per heavy atom. The number of aromatic nitrogens is 1. The molecular formula is C11H16N2O2. The van der Waals surface area contributed by atoms with Crippen molar-refractivity contribution in [2.45, 2.75) is 25.9 Å². The van der Waals surface area contributed by atoms with Gasteiger partial charge in [-0.2, -0.15) is 0 Å². The number of aliphatic hydroxyl groups is 1. The van der Waals surface area contributed by atoms with E-state index >= 15 is 0 Å². The fourth-order valence-corrected chi connectivity index (χ4v) is 1.08. The molecule has 4 nitrogen and oxygen atoms in total. The molecule has 1 aromatic rings. The largest absolute Gasteiger partial charge is 0.381 e. The van der Waals surface area contributed by atoms with Gasteiger partial charge in [0.2, 0.25) is 0 Å². The molecule has 0 aromatic carbocycles. The lowest BCUT2D eigenvalue weighted by Crippen LogP contribution is -2.42. The molecule has 1 heterocycles. The van der Waals surface area contributed by atoms with Crippen molar-refractivity contribution in [1.82, 2.24) is 10.3 Å². The van der Waals surface area contributed by atoms with E-state index in [1.165, 1.54) is 13.8 Å². The Hall–Kier alpha value is -1.42. The van der Waals surface area contributed by atoms with Crippen molar-refractivity contribution in [2.24, 2.45) is 0 Å². The molecule has 2 N–H and O–H groups in total. The van der Waals surface area contributed by atoms with Gasteiger partial charge in [-0.25, -0.2) is 0 Å². The molecule has 0 saturated heterocycles. The summed E-state index contributed by atoms with van der Waals surface area (Å²) in [6, 6.07) is 3.80. The molecule has 0 fully saturated rings. The van der Waals surface area contributed by atoms with E-state index in [2.05, 4.69) is 10.3 Å². The van der Waals surface area contributed by atoms with Crippen molar-refractivity contribution in [2.75, 3.05) is 6.54 Å². The van der Waals surface area contributed by atoms with Crippen molar-refractivity contribution < 1.29 is 9.90 Å². The summed E-state index contributed by atoms with van der Waals surface area (Å²) in [5.41, 5.74) is -0.247. The first-order chi connectivity index (χ1) is 7.00. The molecule has 15 heavy (non-hydrogen) atoms. The standard InChI is InChI=1S/C11H16N2O2/c1-11(2,15)10(14)13-7-5-9-4-3-6-12-8-9/h3-4,6,8,15H,5,7H2,1-2H3,(H,13,14). The predicted molar refractivity (Wildman–Crippen MR) is 57.2 cm³/mol. The van der Waals surface area contributed by atoms with Crippen LogP contribution in [0.25, 0.3) is 0 Å². The Morgan fingerprint density at radius 1 is 1.60 bits per heavy atom. The Bertz CT molecular complexity index is 317. The molecule has 0 atom stereocenters. The number of nitrogens with zero attached hydrogens (tertiary/aromatic N) is 1. The average molecular weight is 208 g/mol. The van der Waals surface area contributed by atoms with Gasteiger partial charge in [0.15, 0.2) is 0 Å². The molecule has 0 aliphatic heterocycles. The lowest BCUT2D eigenvalue weighted by Gasteiger charge is -2.16. The first kappa shape index (κ1) is 11.7. The predicted octanol–water partition coefficient (Wildman–Crippen LogP) is 0.511. The lowest BCUT2D eigenvalue weighted by molar-refractivity contribution is -0.136. The van der Waals surface area contributed by atoms with Gasteiger partial charge in [-0.15, -0.1) is 0 Å². The van der Waals surface area contributed by atoms with Gasteiger partial charge in [0.1, 0.15) is 5.60 Å². The maximum Gasteiger partial charge on any atom is 0.251 e. The second-order valence-electron chi connectivity index (χ2n) is 3.93. The van der Waals surface area contributed by atoms with Gasteiger partial charge in [-0.3, -0.25) is 9.78 Å². The fourth-order valence-electron chi connectivity index (χ4n) is 1.08. The van der Waals surface area contributed by atoms with Crippen LogP contribution in [0.15, 0.2) is 24.5 Å².